The number of methoxy groups -OCH3 is 2. The van der Waals surface area contributed by atoms with Crippen LogP contribution in [0.25, 0.3) is 0 Å². The van der Waals surface area contributed by atoms with Gasteiger partial charge < -0.3 is 14.8 Å². The summed E-state index contributed by atoms with van der Waals surface area (Å²) in [5, 5.41) is 2.99. The molecule has 0 saturated carbocycles. The Hall–Kier alpha value is -2.49. The summed E-state index contributed by atoms with van der Waals surface area (Å²) in [4.78, 5) is 12.4. The van der Waals surface area contributed by atoms with Crippen LogP contribution in [0, 0.1) is 6.92 Å². The molecule has 4 heteroatoms. The van der Waals surface area contributed by atoms with Gasteiger partial charge in [-0.15, -0.1) is 0 Å². The maximum Gasteiger partial charge on any atom is 0.251 e. The molecule has 0 heterocycles. The van der Waals surface area contributed by atoms with Gasteiger partial charge in [0.15, 0.2) is 11.5 Å². The van der Waals surface area contributed by atoms with Crippen LogP contribution in [-0.4, -0.2) is 20.1 Å². The van der Waals surface area contributed by atoms with Gasteiger partial charge in [-0.1, -0.05) is 29.8 Å². The first kappa shape index (κ1) is 15.9. The van der Waals surface area contributed by atoms with E-state index in [1.165, 1.54) is 5.56 Å². The molecule has 1 amide bonds. The summed E-state index contributed by atoms with van der Waals surface area (Å²) >= 11 is 0. The van der Waals surface area contributed by atoms with Crippen molar-refractivity contribution in [2.75, 3.05) is 14.2 Å². The minimum atomic E-state index is -0.144. The van der Waals surface area contributed by atoms with E-state index in [9.17, 15) is 4.79 Å². The van der Waals surface area contributed by atoms with Crippen LogP contribution in [0.1, 0.15) is 34.5 Å². The third-order valence-electron chi connectivity index (χ3n) is 3.57. The molecule has 1 atom stereocenters. The topological polar surface area (TPSA) is 47.6 Å². The number of benzene rings is 2. The quantitative estimate of drug-likeness (QED) is 0.919. The lowest BCUT2D eigenvalue weighted by Crippen LogP contribution is -2.26. The number of rotatable bonds is 5. The van der Waals surface area contributed by atoms with Crippen molar-refractivity contribution >= 4 is 5.91 Å². The van der Waals surface area contributed by atoms with Crippen molar-refractivity contribution in [3.8, 4) is 11.5 Å². The second kappa shape index (κ2) is 6.98. The number of carbonyl (C=O) groups is 1. The van der Waals surface area contributed by atoms with E-state index in [1.807, 2.05) is 38.1 Å². The fourth-order valence-electron chi connectivity index (χ4n) is 2.20. The Bertz CT molecular complexity index is 650. The standard InChI is InChI=1S/C18H21NO3/c1-12-5-7-14(8-6-12)13(2)19-18(20)15-9-10-16(21-3)17(11-15)22-4/h5-11,13H,1-4H3,(H,19,20)/t13-/m0/s1. The van der Waals surface area contributed by atoms with Gasteiger partial charge in [-0.25, -0.2) is 0 Å². The fourth-order valence-corrected chi connectivity index (χ4v) is 2.20. The highest BCUT2D eigenvalue weighted by molar-refractivity contribution is 5.95. The zero-order valence-electron chi connectivity index (χ0n) is 13.3. The molecule has 2 aromatic carbocycles. The van der Waals surface area contributed by atoms with Crippen molar-refractivity contribution in [2.24, 2.45) is 0 Å². The molecule has 0 spiro atoms. The summed E-state index contributed by atoms with van der Waals surface area (Å²) < 4.78 is 10.4. The molecule has 0 aliphatic carbocycles. The average Bonchev–Trinajstić information content (AvgIpc) is 2.54. The van der Waals surface area contributed by atoms with Crippen LogP contribution in [0.15, 0.2) is 42.5 Å². The number of amides is 1. The van der Waals surface area contributed by atoms with Gasteiger partial charge in [0.1, 0.15) is 0 Å². The van der Waals surface area contributed by atoms with E-state index in [4.69, 9.17) is 9.47 Å². The zero-order valence-corrected chi connectivity index (χ0v) is 13.3. The molecule has 0 saturated heterocycles. The normalized spacial score (nSPS) is 11.6. The Morgan fingerprint density at radius 1 is 1.00 bits per heavy atom. The van der Waals surface area contributed by atoms with Gasteiger partial charge in [0.2, 0.25) is 0 Å². The van der Waals surface area contributed by atoms with Crippen LogP contribution < -0.4 is 14.8 Å². The molecule has 2 aromatic rings. The monoisotopic (exact) mass is 299 g/mol. The summed E-state index contributed by atoms with van der Waals surface area (Å²) in [7, 11) is 3.12. The van der Waals surface area contributed by atoms with Gasteiger partial charge in [-0.05, 0) is 37.6 Å². The number of ether oxygens (including phenoxy) is 2. The smallest absolute Gasteiger partial charge is 0.251 e. The van der Waals surface area contributed by atoms with Crippen LogP contribution in [0.2, 0.25) is 0 Å². The second-order valence-corrected chi connectivity index (χ2v) is 5.18. The average molecular weight is 299 g/mol. The predicted molar refractivity (Wildman–Crippen MR) is 86.6 cm³/mol. The number of aryl methyl sites for hydroxylation is 1. The lowest BCUT2D eigenvalue weighted by Gasteiger charge is -2.15. The molecule has 0 aromatic heterocycles. The molecule has 1 N–H and O–H groups in total. The molecular formula is C18H21NO3. The van der Waals surface area contributed by atoms with E-state index in [-0.39, 0.29) is 11.9 Å². The molecule has 2 rings (SSSR count). The molecule has 0 aliphatic heterocycles. The Balaban J connectivity index is 2.13. The Labute approximate surface area is 131 Å². The minimum Gasteiger partial charge on any atom is -0.493 e. The second-order valence-electron chi connectivity index (χ2n) is 5.18. The maximum atomic E-state index is 12.4. The Kier molecular flexibility index (Phi) is 5.04. The number of hydrogen-bond donors (Lipinski definition) is 1. The molecule has 0 aliphatic rings. The summed E-state index contributed by atoms with van der Waals surface area (Å²) in [5.74, 6) is 0.998. The van der Waals surface area contributed by atoms with Crippen molar-refractivity contribution in [2.45, 2.75) is 19.9 Å². The third kappa shape index (κ3) is 3.58. The lowest BCUT2D eigenvalue weighted by molar-refractivity contribution is 0.0939. The minimum absolute atomic E-state index is 0.0683. The van der Waals surface area contributed by atoms with Crippen LogP contribution in [0.3, 0.4) is 0 Å². The first-order valence-electron chi connectivity index (χ1n) is 7.14. The van der Waals surface area contributed by atoms with Gasteiger partial charge in [-0.2, -0.15) is 0 Å². The zero-order chi connectivity index (χ0) is 16.1. The first-order valence-corrected chi connectivity index (χ1v) is 7.14. The molecule has 0 unspecified atom stereocenters. The molecule has 0 radical (unpaired) electrons. The molecule has 0 bridgehead atoms. The van der Waals surface area contributed by atoms with Crippen LogP contribution in [-0.2, 0) is 0 Å². The van der Waals surface area contributed by atoms with Gasteiger partial charge in [0.05, 0.1) is 20.3 Å². The van der Waals surface area contributed by atoms with Crippen LogP contribution >= 0.6 is 0 Å². The number of carbonyl (C=O) groups excluding carboxylic acids is 1. The summed E-state index contributed by atoms with van der Waals surface area (Å²) in [5.41, 5.74) is 2.80. The lowest BCUT2D eigenvalue weighted by atomic mass is 10.1. The SMILES string of the molecule is COc1ccc(C(=O)N[C@@H](C)c2ccc(C)cc2)cc1OC. The molecule has 0 fully saturated rings. The Morgan fingerprint density at radius 3 is 2.23 bits per heavy atom. The maximum absolute atomic E-state index is 12.4. The van der Waals surface area contributed by atoms with E-state index >= 15 is 0 Å². The van der Waals surface area contributed by atoms with Crippen LogP contribution in [0.5, 0.6) is 11.5 Å². The highest BCUT2D eigenvalue weighted by atomic mass is 16.5. The van der Waals surface area contributed by atoms with E-state index in [0.29, 0.717) is 17.1 Å². The van der Waals surface area contributed by atoms with Gasteiger partial charge >= 0.3 is 0 Å². The van der Waals surface area contributed by atoms with Crippen molar-refractivity contribution < 1.29 is 14.3 Å². The third-order valence-corrected chi connectivity index (χ3v) is 3.57. The van der Waals surface area contributed by atoms with E-state index in [0.717, 1.165) is 5.56 Å². The Morgan fingerprint density at radius 2 is 1.64 bits per heavy atom. The van der Waals surface area contributed by atoms with E-state index in [1.54, 1.807) is 32.4 Å². The number of nitrogens with one attached hydrogen (secondary N) is 1. The van der Waals surface area contributed by atoms with Gasteiger partial charge in [0.25, 0.3) is 5.91 Å². The van der Waals surface area contributed by atoms with Gasteiger partial charge in [-0.3, -0.25) is 4.79 Å². The highest BCUT2D eigenvalue weighted by Crippen LogP contribution is 2.27. The summed E-state index contributed by atoms with van der Waals surface area (Å²) in [6.07, 6.45) is 0. The molecule has 4 nitrogen and oxygen atoms in total. The molecule has 22 heavy (non-hydrogen) atoms. The largest absolute Gasteiger partial charge is 0.493 e. The first-order chi connectivity index (χ1) is 10.5. The van der Waals surface area contributed by atoms with Gasteiger partial charge in [0, 0.05) is 5.56 Å². The summed E-state index contributed by atoms with van der Waals surface area (Å²) in [6.45, 7) is 4.00. The van der Waals surface area contributed by atoms with Crippen molar-refractivity contribution in [1.82, 2.24) is 5.32 Å². The van der Waals surface area contributed by atoms with E-state index in [2.05, 4.69) is 5.32 Å². The van der Waals surface area contributed by atoms with Crippen molar-refractivity contribution in [3.63, 3.8) is 0 Å². The summed E-state index contributed by atoms with van der Waals surface area (Å²) in [6, 6.07) is 13.2. The van der Waals surface area contributed by atoms with Crippen LogP contribution in [0.4, 0.5) is 0 Å². The number of hydrogen-bond acceptors (Lipinski definition) is 3. The fraction of sp³-hybridized carbons (Fsp3) is 0.278. The highest BCUT2D eigenvalue weighted by Gasteiger charge is 2.14. The molecular weight excluding hydrogens is 278 g/mol. The van der Waals surface area contributed by atoms with E-state index < -0.39 is 0 Å². The molecule has 116 valence electrons. The van der Waals surface area contributed by atoms with Crippen molar-refractivity contribution in [3.05, 3.63) is 59.2 Å². The van der Waals surface area contributed by atoms with Crippen molar-refractivity contribution in [1.29, 1.82) is 0 Å². The predicted octanol–water partition coefficient (Wildman–Crippen LogP) is 3.50.